The van der Waals surface area contributed by atoms with E-state index >= 15 is 0 Å². The Labute approximate surface area is 159 Å². The summed E-state index contributed by atoms with van der Waals surface area (Å²) in [6.45, 7) is 0. The molecule has 0 fully saturated rings. The van der Waals surface area contributed by atoms with E-state index in [0.717, 1.165) is 16.8 Å². The second-order valence-electron chi connectivity index (χ2n) is 6.17. The maximum atomic E-state index is 4.48. The minimum absolute atomic E-state index is 0.595. The Morgan fingerprint density at radius 2 is 1.38 bits per heavy atom. The fourth-order valence-corrected chi connectivity index (χ4v) is 3.75. The zero-order chi connectivity index (χ0) is 17.5. The van der Waals surface area contributed by atoms with Gasteiger partial charge in [0.15, 0.2) is 5.65 Å². The van der Waals surface area contributed by atoms with Crippen LogP contribution >= 0.6 is 15.9 Å². The Morgan fingerprint density at radius 1 is 0.692 bits per heavy atom. The molecule has 26 heavy (non-hydrogen) atoms. The van der Waals surface area contributed by atoms with Gasteiger partial charge in [0.1, 0.15) is 0 Å². The molecule has 0 N–H and O–H groups in total. The number of halogens is 1. The van der Waals surface area contributed by atoms with Crippen molar-refractivity contribution in [2.45, 2.75) is 0 Å². The lowest BCUT2D eigenvalue weighted by Gasteiger charge is -2.08. The molecule has 3 aromatic carbocycles. The van der Waals surface area contributed by atoms with Crippen molar-refractivity contribution in [3.63, 3.8) is 0 Å². The number of benzene rings is 3. The van der Waals surface area contributed by atoms with Crippen LogP contribution in [0.25, 0.3) is 38.7 Å². The summed E-state index contributed by atoms with van der Waals surface area (Å²) >= 11 is 3.35. The molecule has 0 spiro atoms. The maximum Gasteiger partial charge on any atom is 0.218 e. The highest BCUT2D eigenvalue weighted by molar-refractivity contribution is 9.10. The van der Waals surface area contributed by atoms with Gasteiger partial charge in [-0.1, -0.05) is 66.7 Å². The summed E-state index contributed by atoms with van der Waals surface area (Å²) in [6, 6.07) is 27.6. The van der Waals surface area contributed by atoms with Crippen molar-refractivity contribution < 1.29 is 0 Å². The topological polar surface area (TPSA) is 30.2 Å². The molecule has 0 aliphatic carbocycles. The summed E-state index contributed by atoms with van der Waals surface area (Å²) in [5, 5.41) is 6.85. The van der Waals surface area contributed by atoms with Crippen LogP contribution in [0.4, 0.5) is 0 Å². The summed E-state index contributed by atoms with van der Waals surface area (Å²) in [5.41, 5.74) is 5.49. The van der Waals surface area contributed by atoms with E-state index in [0.29, 0.717) is 4.73 Å². The van der Waals surface area contributed by atoms with Crippen LogP contribution in [0, 0.1) is 0 Å². The molecule has 0 bridgehead atoms. The van der Waals surface area contributed by atoms with E-state index in [4.69, 9.17) is 0 Å². The smallest absolute Gasteiger partial charge is 0.218 e. The van der Waals surface area contributed by atoms with Crippen molar-refractivity contribution in [1.29, 1.82) is 0 Å². The van der Waals surface area contributed by atoms with Crippen molar-refractivity contribution in [3.05, 3.63) is 89.8 Å². The van der Waals surface area contributed by atoms with Gasteiger partial charge in [0, 0.05) is 11.8 Å². The molecule has 2 heterocycles. The third-order valence-corrected chi connectivity index (χ3v) is 4.97. The van der Waals surface area contributed by atoms with Gasteiger partial charge in [-0.05, 0) is 55.5 Å². The SMILES string of the molecule is Brc1nc2c(-c3ccc(-c4cccc5ccccc45)cc3)cccn2n1. The molecule has 4 heteroatoms. The van der Waals surface area contributed by atoms with Crippen LogP contribution < -0.4 is 0 Å². The van der Waals surface area contributed by atoms with Crippen LogP contribution in [0.2, 0.25) is 0 Å². The molecule has 5 aromatic rings. The van der Waals surface area contributed by atoms with E-state index in [1.807, 2.05) is 12.3 Å². The Balaban J connectivity index is 1.62. The number of aromatic nitrogens is 3. The van der Waals surface area contributed by atoms with Crippen LogP contribution in [-0.4, -0.2) is 14.6 Å². The monoisotopic (exact) mass is 399 g/mol. The van der Waals surface area contributed by atoms with E-state index in [-0.39, 0.29) is 0 Å². The number of fused-ring (bicyclic) bond motifs is 2. The average Bonchev–Trinajstić information content (AvgIpc) is 3.08. The van der Waals surface area contributed by atoms with Gasteiger partial charge in [-0.25, -0.2) is 9.50 Å². The van der Waals surface area contributed by atoms with Crippen LogP contribution in [0.5, 0.6) is 0 Å². The maximum absolute atomic E-state index is 4.48. The van der Waals surface area contributed by atoms with Gasteiger partial charge in [-0.3, -0.25) is 0 Å². The van der Waals surface area contributed by atoms with Gasteiger partial charge in [-0.15, -0.1) is 5.10 Å². The molecule has 0 radical (unpaired) electrons. The molecule has 0 saturated carbocycles. The first-order valence-electron chi connectivity index (χ1n) is 8.39. The van der Waals surface area contributed by atoms with E-state index in [1.54, 1.807) is 4.52 Å². The van der Waals surface area contributed by atoms with Gasteiger partial charge < -0.3 is 0 Å². The van der Waals surface area contributed by atoms with Crippen LogP contribution in [-0.2, 0) is 0 Å². The molecule has 3 nitrogen and oxygen atoms in total. The van der Waals surface area contributed by atoms with Gasteiger partial charge in [0.25, 0.3) is 0 Å². The van der Waals surface area contributed by atoms with Crippen LogP contribution in [0.1, 0.15) is 0 Å². The third-order valence-electron chi connectivity index (χ3n) is 4.63. The molecule has 0 amide bonds. The first kappa shape index (κ1) is 15.3. The Kier molecular flexibility index (Phi) is 3.57. The minimum Gasteiger partial charge on any atom is -0.219 e. The van der Waals surface area contributed by atoms with Gasteiger partial charge in [-0.2, -0.15) is 0 Å². The summed E-state index contributed by atoms with van der Waals surface area (Å²) in [6.07, 6.45) is 1.90. The van der Waals surface area contributed by atoms with Gasteiger partial charge in [0.05, 0.1) is 0 Å². The van der Waals surface area contributed by atoms with Crippen molar-refractivity contribution >= 4 is 32.3 Å². The molecule has 0 aliphatic rings. The molecule has 0 saturated heterocycles. The van der Waals surface area contributed by atoms with Crippen molar-refractivity contribution in [1.82, 2.24) is 14.6 Å². The number of nitrogens with zero attached hydrogens (tertiary/aromatic N) is 3. The molecule has 0 atom stereocenters. The quantitative estimate of drug-likeness (QED) is 0.365. The van der Waals surface area contributed by atoms with E-state index in [9.17, 15) is 0 Å². The highest BCUT2D eigenvalue weighted by Crippen LogP contribution is 2.31. The predicted octanol–water partition coefficient (Wildman–Crippen LogP) is 5.98. The minimum atomic E-state index is 0.595. The lowest BCUT2D eigenvalue weighted by Crippen LogP contribution is -1.89. The number of pyridine rings is 1. The zero-order valence-corrected chi connectivity index (χ0v) is 15.4. The molecule has 0 aliphatic heterocycles. The zero-order valence-electron chi connectivity index (χ0n) is 13.8. The molecule has 2 aromatic heterocycles. The summed E-state index contributed by atoms with van der Waals surface area (Å²) in [7, 11) is 0. The van der Waals surface area contributed by atoms with Gasteiger partial charge >= 0.3 is 0 Å². The molecule has 5 rings (SSSR count). The number of hydrogen-bond donors (Lipinski definition) is 0. The summed E-state index contributed by atoms with van der Waals surface area (Å²) in [5.74, 6) is 0. The van der Waals surface area contributed by atoms with Gasteiger partial charge in [0.2, 0.25) is 4.73 Å². The highest BCUT2D eigenvalue weighted by Gasteiger charge is 2.09. The lowest BCUT2D eigenvalue weighted by atomic mass is 9.96. The molecule has 124 valence electrons. The van der Waals surface area contributed by atoms with Crippen molar-refractivity contribution in [2.24, 2.45) is 0 Å². The Hall–Kier alpha value is -2.98. The van der Waals surface area contributed by atoms with Crippen molar-refractivity contribution in [3.8, 4) is 22.3 Å². The normalized spacial score (nSPS) is 11.3. The summed E-state index contributed by atoms with van der Waals surface area (Å²) in [4.78, 5) is 4.48. The largest absolute Gasteiger partial charge is 0.219 e. The second-order valence-corrected chi connectivity index (χ2v) is 6.88. The Bertz CT molecular complexity index is 1230. The predicted molar refractivity (Wildman–Crippen MR) is 109 cm³/mol. The van der Waals surface area contributed by atoms with E-state index < -0.39 is 0 Å². The molecular weight excluding hydrogens is 386 g/mol. The average molecular weight is 400 g/mol. The van der Waals surface area contributed by atoms with E-state index in [1.165, 1.54) is 21.9 Å². The standard InChI is InChI=1S/C22H14BrN3/c23-22-24-21-20(9-4-14-26(21)25-22)17-12-10-16(11-13-17)19-8-3-6-15-5-1-2-7-18(15)19/h1-14H. The van der Waals surface area contributed by atoms with Crippen LogP contribution in [0.3, 0.4) is 0 Å². The van der Waals surface area contributed by atoms with E-state index in [2.05, 4.69) is 98.8 Å². The van der Waals surface area contributed by atoms with Crippen LogP contribution in [0.15, 0.2) is 89.8 Å². The molecule has 0 unspecified atom stereocenters. The fraction of sp³-hybridized carbons (Fsp3) is 0. The fourth-order valence-electron chi connectivity index (χ4n) is 3.41. The first-order chi connectivity index (χ1) is 12.8. The second kappa shape index (κ2) is 6.07. The Morgan fingerprint density at radius 3 is 2.23 bits per heavy atom. The third kappa shape index (κ3) is 2.50. The number of hydrogen-bond acceptors (Lipinski definition) is 2. The highest BCUT2D eigenvalue weighted by atomic mass is 79.9. The number of rotatable bonds is 2. The van der Waals surface area contributed by atoms with Crippen molar-refractivity contribution in [2.75, 3.05) is 0 Å². The first-order valence-corrected chi connectivity index (χ1v) is 9.18. The lowest BCUT2D eigenvalue weighted by molar-refractivity contribution is 0.946. The summed E-state index contributed by atoms with van der Waals surface area (Å²) < 4.78 is 2.38. The molecular formula is C22H14BrN3.